The molecule has 0 saturated heterocycles. The van der Waals surface area contributed by atoms with Gasteiger partial charge >= 0.3 is 0 Å². The Morgan fingerprint density at radius 2 is 2.25 bits per heavy atom. The van der Waals surface area contributed by atoms with E-state index in [1.165, 1.54) is 0 Å². The molecule has 1 fully saturated rings. The molecule has 0 aliphatic heterocycles. The highest BCUT2D eigenvalue weighted by Crippen LogP contribution is 2.30. The molecular formula is C12H26N2O2. The first-order chi connectivity index (χ1) is 7.65. The standard InChI is InChI=1S/C12H26N2O2/c1-3-14(7-8-16-4-2)11-5-6-12(13,9-11)10-15/h11,15H,3-10,13H2,1-2H3. The molecule has 3 N–H and O–H groups in total. The summed E-state index contributed by atoms with van der Waals surface area (Å²) in [5, 5.41) is 9.24. The Kier molecular flexibility index (Phi) is 5.69. The van der Waals surface area contributed by atoms with Crippen LogP contribution >= 0.6 is 0 Å². The highest BCUT2D eigenvalue weighted by Gasteiger charge is 2.37. The Balaban J connectivity index is 2.37. The number of hydrogen-bond donors (Lipinski definition) is 2. The molecular weight excluding hydrogens is 204 g/mol. The second-order valence-electron chi connectivity index (χ2n) is 4.74. The Morgan fingerprint density at radius 1 is 1.50 bits per heavy atom. The zero-order valence-corrected chi connectivity index (χ0v) is 10.6. The first-order valence-electron chi connectivity index (χ1n) is 6.36. The van der Waals surface area contributed by atoms with E-state index in [-0.39, 0.29) is 12.1 Å². The predicted octanol–water partition coefficient (Wildman–Crippen LogP) is 0.587. The van der Waals surface area contributed by atoms with Gasteiger partial charge in [0.2, 0.25) is 0 Å². The van der Waals surface area contributed by atoms with E-state index in [0.717, 1.165) is 45.6 Å². The van der Waals surface area contributed by atoms with E-state index in [0.29, 0.717) is 6.04 Å². The second-order valence-corrected chi connectivity index (χ2v) is 4.74. The van der Waals surface area contributed by atoms with Crippen LogP contribution in [0.1, 0.15) is 33.1 Å². The summed E-state index contributed by atoms with van der Waals surface area (Å²) in [5.41, 5.74) is 5.74. The molecule has 1 aliphatic rings. The van der Waals surface area contributed by atoms with Gasteiger partial charge in [-0.15, -0.1) is 0 Å². The summed E-state index contributed by atoms with van der Waals surface area (Å²) in [6.45, 7) is 7.85. The molecule has 0 aromatic heterocycles. The molecule has 4 nitrogen and oxygen atoms in total. The fourth-order valence-electron chi connectivity index (χ4n) is 2.51. The smallest absolute Gasteiger partial charge is 0.0611 e. The van der Waals surface area contributed by atoms with Gasteiger partial charge in [0.25, 0.3) is 0 Å². The quantitative estimate of drug-likeness (QED) is 0.628. The molecule has 1 aliphatic carbocycles. The minimum atomic E-state index is -0.344. The van der Waals surface area contributed by atoms with Gasteiger partial charge in [0.05, 0.1) is 13.2 Å². The van der Waals surface area contributed by atoms with Crippen LogP contribution in [0.15, 0.2) is 0 Å². The number of rotatable bonds is 7. The normalized spacial score (nSPS) is 30.2. The SMILES string of the molecule is CCOCCN(CC)C1CCC(N)(CO)C1. The lowest BCUT2D eigenvalue weighted by atomic mass is 10.0. The minimum absolute atomic E-state index is 0.104. The van der Waals surface area contributed by atoms with Gasteiger partial charge in [-0.2, -0.15) is 0 Å². The Hall–Kier alpha value is -0.160. The molecule has 0 aromatic rings. The van der Waals surface area contributed by atoms with Crippen molar-refractivity contribution in [3.05, 3.63) is 0 Å². The third kappa shape index (κ3) is 3.70. The molecule has 0 amide bonds. The fourth-order valence-corrected chi connectivity index (χ4v) is 2.51. The Bertz CT molecular complexity index is 201. The van der Waals surface area contributed by atoms with E-state index in [1.807, 2.05) is 6.92 Å². The molecule has 16 heavy (non-hydrogen) atoms. The van der Waals surface area contributed by atoms with Gasteiger partial charge in [0.1, 0.15) is 0 Å². The lowest BCUT2D eigenvalue weighted by molar-refractivity contribution is 0.0941. The van der Waals surface area contributed by atoms with E-state index < -0.39 is 0 Å². The molecule has 1 rings (SSSR count). The molecule has 2 atom stereocenters. The summed E-state index contributed by atoms with van der Waals surface area (Å²) >= 11 is 0. The van der Waals surface area contributed by atoms with E-state index in [4.69, 9.17) is 10.5 Å². The number of nitrogens with zero attached hydrogens (tertiary/aromatic N) is 1. The van der Waals surface area contributed by atoms with E-state index in [9.17, 15) is 5.11 Å². The molecule has 0 heterocycles. The summed E-state index contributed by atoms with van der Waals surface area (Å²) in [7, 11) is 0. The Morgan fingerprint density at radius 3 is 2.75 bits per heavy atom. The summed E-state index contributed by atoms with van der Waals surface area (Å²) in [6, 6.07) is 0.516. The van der Waals surface area contributed by atoms with Crippen molar-refractivity contribution < 1.29 is 9.84 Å². The van der Waals surface area contributed by atoms with Gasteiger partial charge in [0.15, 0.2) is 0 Å². The highest BCUT2D eigenvalue weighted by molar-refractivity contribution is 4.96. The highest BCUT2D eigenvalue weighted by atomic mass is 16.5. The third-order valence-corrected chi connectivity index (χ3v) is 3.58. The number of aliphatic hydroxyl groups excluding tert-OH is 1. The maximum Gasteiger partial charge on any atom is 0.0611 e. The van der Waals surface area contributed by atoms with Gasteiger partial charge < -0.3 is 15.6 Å². The van der Waals surface area contributed by atoms with Crippen molar-refractivity contribution in [2.75, 3.05) is 32.9 Å². The molecule has 1 saturated carbocycles. The number of nitrogens with two attached hydrogens (primary N) is 1. The zero-order chi connectivity index (χ0) is 12.0. The topological polar surface area (TPSA) is 58.7 Å². The second kappa shape index (κ2) is 6.55. The average molecular weight is 230 g/mol. The molecule has 0 aromatic carbocycles. The molecule has 0 radical (unpaired) electrons. The molecule has 2 unspecified atom stereocenters. The van der Waals surface area contributed by atoms with Gasteiger partial charge in [-0.3, -0.25) is 4.90 Å². The van der Waals surface area contributed by atoms with Crippen LogP contribution in [0.5, 0.6) is 0 Å². The van der Waals surface area contributed by atoms with Crippen LogP contribution in [-0.4, -0.2) is 54.5 Å². The van der Waals surface area contributed by atoms with Crippen LogP contribution in [-0.2, 0) is 4.74 Å². The van der Waals surface area contributed by atoms with E-state index >= 15 is 0 Å². The first kappa shape index (κ1) is 13.9. The van der Waals surface area contributed by atoms with Crippen LogP contribution in [0.3, 0.4) is 0 Å². The van der Waals surface area contributed by atoms with Crippen LogP contribution in [0.4, 0.5) is 0 Å². The van der Waals surface area contributed by atoms with Crippen molar-refractivity contribution >= 4 is 0 Å². The maximum absolute atomic E-state index is 9.24. The maximum atomic E-state index is 9.24. The van der Waals surface area contributed by atoms with Crippen molar-refractivity contribution in [1.29, 1.82) is 0 Å². The van der Waals surface area contributed by atoms with Gasteiger partial charge in [-0.25, -0.2) is 0 Å². The number of hydrogen-bond acceptors (Lipinski definition) is 4. The van der Waals surface area contributed by atoms with E-state index in [1.54, 1.807) is 0 Å². The van der Waals surface area contributed by atoms with Crippen LogP contribution in [0.25, 0.3) is 0 Å². The van der Waals surface area contributed by atoms with Crippen molar-refractivity contribution in [3.8, 4) is 0 Å². The monoisotopic (exact) mass is 230 g/mol. The van der Waals surface area contributed by atoms with Crippen molar-refractivity contribution in [1.82, 2.24) is 4.90 Å². The molecule has 0 bridgehead atoms. The lowest BCUT2D eigenvalue weighted by Crippen LogP contribution is -2.44. The van der Waals surface area contributed by atoms with Crippen LogP contribution in [0, 0.1) is 0 Å². The largest absolute Gasteiger partial charge is 0.394 e. The molecule has 96 valence electrons. The zero-order valence-electron chi connectivity index (χ0n) is 10.6. The van der Waals surface area contributed by atoms with Gasteiger partial charge in [-0.1, -0.05) is 6.92 Å². The number of likely N-dealkylation sites (N-methyl/N-ethyl adjacent to an activating group) is 1. The summed E-state index contributed by atoms with van der Waals surface area (Å²) in [6.07, 6.45) is 2.93. The van der Waals surface area contributed by atoms with Crippen molar-refractivity contribution in [2.24, 2.45) is 5.73 Å². The summed E-state index contributed by atoms with van der Waals surface area (Å²) < 4.78 is 5.38. The van der Waals surface area contributed by atoms with E-state index in [2.05, 4.69) is 11.8 Å². The Labute approximate surface area is 98.8 Å². The van der Waals surface area contributed by atoms with Crippen molar-refractivity contribution in [2.45, 2.75) is 44.7 Å². The average Bonchev–Trinajstić information content (AvgIpc) is 2.68. The lowest BCUT2D eigenvalue weighted by Gasteiger charge is -2.29. The number of aliphatic hydroxyl groups is 1. The molecule has 4 heteroatoms. The number of ether oxygens (including phenoxy) is 1. The van der Waals surface area contributed by atoms with Crippen molar-refractivity contribution in [3.63, 3.8) is 0 Å². The minimum Gasteiger partial charge on any atom is -0.394 e. The fraction of sp³-hybridized carbons (Fsp3) is 1.00. The van der Waals surface area contributed by atoms with Crippen LogP contribution < -0.4 is 5.73 Å². The van der Waals surface area contributed by atoms with Crippen LogP contribution in [0.2, 0.25) is 0 Å². The summed E-state index contributed by atoms with van der Waals surface area (Å²) in [4.78, 5) is 2.42. The van der Waals surface area contributed by atoms with Gasteiger partial charge in [-0.05, 0) is 32.7 Å². The molecule has 0 spiro atoms. The predicted molar refractivity (Wildman–Crippen MR) is 65.4 cm³/mol. The third-order valence-electron chi connectivity index (χ3n) is 3.58. The van der Waals surface area contributed by atoms with Gasteiger partial charge in [0, 0.05) is 24.7 Å². The summed E-state index contributed by atoms with van der Waals surface area (Å²) in [5.74, 6) is 0. The first-order valence-corrected chi connectivity index (χ1v) is 6.36.